The number of amides is 4. The molecule has 1 heterocycles. The number of barbiturate groups is 1. The molecule has 4 amide bonds. The number of ether oxygens (including phenoxy) is 1. The average molecular weight is 331 g/mol. The van der Waals surface area contributed by atoms with Crippen LogP contribution >= 0.6 is 0 Å². The van der Waals surface area contributed by atoms with E-state index in [0.29, 0.717) is 17.9 Å². The summed E-state index contributed by atoms with van der Waals surface area (Å²) >= 11 is 0. The number of hydrogen-bond acceptors (Lipinski definition) is 5. The van der Waals surface area contributed by atoms with Crippen LogP contribution in [0.2, 0.25) is 0 Å². The average Bonchev–Trinajstić information content (AvgIpc) is 2.54. The molecule has 0 spiro atoms. The number of nitrogens with one attached hydrogen (secondary N) is 2. The molecule has 2 rings (SSSR count). The zero-order valence-corrected chi connectivity index (χ0v) is 14.0. The van der Waals surface area contributed by atoms with Gasteiger partial charge in [0.15, 0.2) is 0 Å². The van der Waals surface area contributed by atoms with E-state index in [0.717, 1.165) is 18.8 Å². The van der Waals surface area contributed by atoms with Gasteiger partial charge in [0.25, 0.3) is 11.8 Å². The predicted octanol–water partition coefficient (Wildman–Crippen LogP) is 1.68. The number of rotatable bonds is 6. The highest BCUT2D eigenvalue weighted by Gasteiger charge is 2.28. The van der Waals surface area contributed by atoms with Gasteiger partial charge < -0.3 is 9.64 Å². The first-order chi connectivity index (χ1) is 11.5. The Kier molecular flexibility index (Phi) is 5.57. The third-order valence-corrected chi connectivity index (χ3v) is 3.67. The maximum absolute atomic E-state index is 11.8. The van der Waals surface area contributed by atoms with Gasteiger partial charge in [-0.1, -0.05) is 0 Å². The van der Waals surface area contributed by atoms with Crippen molar-refractivity contribution in [1.82, 2.24) is 10.6 Å². The Balaban J connectivity index is 2.42. The quantitative estimate of drug-likeness (QED) is 0.612. The summed E-state index contributed by atoms with van der Waals surface area (Å²) in [5.41, 5.74) is 1.46. The largest absolute Gasteiger partial charge is 0.493 e. The van der Waals surface area contributed by atoms with Crippen molar-refractivity contribution in [2.24, 2.45) is 0 Å². The Morgan fingerprint density at radius 3 is 2.21 bits per heavy atom. The fourth-order valence-electron chi connectivity index (χ4n) is 2.47. The van der Waals surface area contributed by atoms with Crippen LogP contribution in [0, 0.1) is 0 Å². The highest BCUT2D eigenvalue weighted by Crippen LogP contribution is 2.28. The third kappa shape index (κ3) is 3.73. The van der Waals surface area contributed by atoms with Crippen LogP contribution in [0.1, 0.15) is 26.3 Å². The van der Waals surface area contributed by atoms with E-state index < -0.39 is 17.8 Å². The van der Waals surface area contributed by atoms with Gasteiger partial charge in [-0.2, -0.15) is 0 Å². The molecule has 0 bridgehead atoms. The second kappa shape index (κ2) is 7.63. The maximum atomic E-state index is 11.8. The molecule has 0 atom stereocenters. The van der Waals surface area contributed by atoms with Crippen LogP contribution < -0.4 is 20.3 Å². The van der Waals surface area contributed by atoms with Crippen LogP contribution in [-0.2, 0) is 9.59 Å². The Labute approximate surface area is 140 Å². The van der Waals surface area contributed by atoms with Gasteiger partial charge in [0.1, 0.15) is 11.3 Å². The molecule has 1 saturated heterocycles. The fourth-order valence-corrected chi connectivity index (χ4v) is 2.47. The van der Waals surface area contributed by atoms with Crippen molar-refractivity contribution in [2.75, 3.05) is 24.6 Å². The molecule has 2 N–H and O–H groups in total. The smallest absolute Gasteiger partial charge is 0.328 e. The first-order valence-electron chi connectivity index (χ1n) is 7.90. The molecule has 24 heavy (non-hydrogen) atoms. The molecule has 1 aliphatic heterocycles. The van der Waals surface area contributed by atoms with E-state index in [-0.39, 0.29) is 5.57 Å². The molecule has 1 aromatic carbocycles. The van der Waals surface area contributed by atoms with Gasteiger partial charge in [0, 0.05) is 30.4 Å². The van der Waals surface area contributed by atoms with Crippen molar-refractivity contribution in [2.45, 2.75) is 20.8 Å². The molecule has 0 saturated carbocycles. The standard InChI is InChI=1S/C17H21N3O4/c1-4-20(5-2)12-8-7-11(14(10-12)24-6-3)9-13-15(21)18-17(23)19-16(13)22/h7-10H,4-6H2,1-3H3,(H2,18,19,21,22,23). The number of anilines is 1. The Bertz CT molecular complexity index is 671. The second-order valence-corrected chi connectivity index (χ2v) is 5.12. The van der Waals surface area contributed by atoms with Crippen molar-refractivity contribution in [1.29, 1.82) is 0 Å². The molecule has 0 aliphatic carbocycles. The molecule has 0 aromatic heterocycles. The lowest BCUT2D eigenvalue weighted by atomic mass is 10.1. The zero-order chi connectivity index (χ0) is 17.7. The highest BCUT2D eigenvalue weighted by atomic mass is 16.5. The van der Waals surface area contributed by atoms with Crippen molar-refractivity contribution in [3.63, 3.8) is 0 Å². The molecule has 1 aromatic rings. The van der Waals surface area contributed by atoms with E-state index in [9.17, 15) is 14.4 Å². The van der Waals surface area contributed by atoms with Crippen LogP contribution in [0.15, 0.2) is 23.8 Å². The summed E-state index contributed by atoms with van der Waals surface area (Å²) in [7, 11) is 0. The van der Waals surface area contributed by atoms with Crippen molar-refractivity contribution in [3.8, 4) is 5.75 Å². The van der Waals surface area contributed by atoms with E-state index in [1.165, 1.54) is 6.08 Å². The first-order valence-corrected chi connectivity index (χ1v) is 7.90. The molecule has 0 unspecified atom stereocenters. The Morgan fingerprint density at radius 2 is 1.67 bits per heavy atom. The number of benzene rings is 1. The van der Waals surface area contributed by atoms with Gasteiger partial charge >= 0.3 is 6.03 Å². The Morgan fingerprint density at radius 1 is 1.04 bits per heavy atom. The van der Waals surface area contributed by atoms with Crippen molar-refractivity contribution < 1.29 is 19.1 Å². The summed E-state index contributed by atoms with van der Waals surface area (Å²) in [5.74, 6) is -0.870. The van der Waals surface area contributed by atoms with Crippen LogP contribution in [0.25, 0.3) is 6.08 Å². The van der Waals surface area contributed by atoms with Crippen molar-refractivity contribution in [3.05, 3.63) is 29.3 Å². The summed E-state index contributed by atoms with van der Waals surface area (Å²) < 4.78 is 5.65. The van der Waals surface area contributed by atoms with Gasteiger partial charge in [-0.3, -0.25) is 20.2 Å². The van der Waals surface area contributed by atoms with Gasteiger partial charge in [-0.05, 0) is 39.0 Å². The number of carbonyl (C=O) groups is 3. The number of urea groups is 1. The molecule has 7 heteroatoms. The SMILES string of the molecule is CCOc1cc(N(CC)CC)ccc1C=C1C(=O)NC(=O)NC1=O. The molecular weight excluding hydrogens is 310 g/mol. The minimum Gasteiger partial charge on any atom is -0.493 e. The monoisotopic (exact) mass is 331 g/mol. The maximum Gasteiger partial charge on any atom is 0.328 e. The molecule has 7 nitrogen and oxygen atoms in total. The Hall–Kier alpha value is -2.83. The van der Waals surface area contributed by atoms with E-state index >= 15 is 0 Å². The molecule has 1 aliphatic rings. The van der Waals surface area contributed by atoms with Gasteiger partial charge in [0.05, 0.1) is 6.61 Å². The molecule has 128 valence electrons. The lowest BCUT2D eigenvalue weighted by Crippen LogP contribution is -2.51. The molecular formula is C17H21N3O4. The normalized spacial score (nSPS) is 14.1. The van der Waals surface area contributed by atoms with Crippen LogP contribution in [-0.4, -0.2) is 37.5 Å². The van der Waals surface area contributed by atoms with Gasteiger partial charge in [0.2, 0.25) is 0 Å². The topological polar surface area (TPSA) is 87.7 Å². The first kappa shape index (κ1) is 17.5. The minimum atomic E-state index is -0.816. The summed E-state index contributed by atoms with van der Waals surface area (Å²) in [6.07, 6.45) is 1.42. The van der Waals surface area contributed by atoms with Crippen LogP contribution in [0.3, 0.4) is 0 Å². The summed E-state index contributed by atoms with van der Waals surface area (Å²) in [4.78, 5) is 37.0. The van der Waals surface area contributed by atoms with E-state index in [1.807, 2.05) is 19.1 Å². The molecule has 0 radical (unpaired) electrons. The second-order valence-electron chi connectivity index (χ2n) is 5.12. The van der Waals surface area contributed by atoms with Gasteiger partial charge in [-0.25, -0.2) is 4.79 Å². The van der Waals surface area contributed by atoms with E-state index in [4.69, 9.17) is 4.74 Å². The highest BCUT2D eigenvalue weighted by molar-refractivity contribution is 6.31. The lowest BCUT2D eigenvalue weighted by Gasteiger charge is -2.22. The number of imide groups is 2. The van der Waals surface area contributed by atoms with Crippen LogP contribution in [0.5, 0.6) is 5.75 Å². The van der Waals surface area contributed by atoms with Crippen molar-refractivity contribution >= 4 is 29.6 Å². The number of hydrogen-bond donors (Lipinski definition) is 2. The van der Waals surface area contributed by atoms with E-state index in [2.05, 4.69) is 29.4 Å². The fraction of sp³-hybridized carbons (Fsp3) is 0.353. The third-order valence-electron chi connectivity index (χ3n) is 3.67. The lowest BCUT2D eigenvalue weighted by molar-refractivity contribution is -0.123. The predicted molar refractivity (Wildman–Crippen MR) is 90.8 cm³/mol. The number of carbonyl (C=O) groups excluding carboxylic acids is 3. The summed E-state index contributed by atoms with van der Waals surface area (Å²) in [6, 6.07) is 4.77. The van der Waals surface area contributed by atoms with E-state index in [1.54, 1.807) is 6.07 Å². The minimum absolute atomic E-state index is 0.133. The molecule has 1 fully saturated rings. The van der Waals surface area contributed by atoms with Gasteiger partial charge in [-0.15, -0.1) is 0 Å². The number of nitrogens with zero attached hydrogens (tertiary/aromatic N) is 1. The van der Waals surface area contributed by atoms with Crippen LogP contribution in [0.4, 0.5) is 10.5 Å². The zero-order valence-electron chi connectivity index (χ0n) is 14.0. The summed E-state index contributed by atoms with van der Waals surface area (Å²) in [5, 5.41) is 4.10. The summed E-state index contributed by atoms with van der Waals surface area (Å²) in [6.45, 7) is 8.15.